The Balaban J connectivity index is 2.32. The number of hydrogen-bond donors (Lipinski definition) is 1. The Morgan fingerprint density at radius 3 is 2.50 bits per heavy atom. The minimum atomic E-state index is -3.28. The Kier molecular flexibility index (Phi) is 3.55. The summed E-state index contributed by atoms with van der Waals surface area (Å²) < 4.78 is 21.5. The molecule has 0 bridgehead atoms. The second-order valence-electron chi connectivity index (χ2n) is 4.62. The van der Waals surface area contributed by atoms with Crippen LogP contribution in [0.3, 0.4) is 0 Å². The van der Waals surface area contributed by atoms with E-state index in [0.29, 0.717) is 6.42 Å². The van der Waals surface area contributed by atoms with Crippen molar-refractivity contribution < 1.29 is 8.42 Å². The first-order valence-electron chi connectivity index (χ1n) is 5.07. The van der Waals surface area contributed by atoms with Crippen molar-refractivity contribution in [2.45, 2.75) is 38.6 Å². The molecule has 0 saturated carbocycles. The summed E-state index contributed by atoms with van der Waals surface area (Å²) in [5.41, 5.74) is 0.234. The Bertz CT molecular complexity index is 285. The van der Waals surface area contributed by atoms with Crippen LogP contribution in [0.25, 0.3) is 0 Å². The highest BCUT2D eigenvalue weighted by Gasteiger charge is 2.31. The topological polar surface area (TPSA) is 63.4 Å². The van der Waals surface area contributed by atoms with Crippen LogP contribution in [0.1, 0.15) is 33.1 Å². The van der Waals surface area contributed by atoms with E-state index < -0.39 is 10.0 Å². The van der Waals surface area contributed by atoms with Crippen LogP contribution in [0.4, 0.5) is 0 Å². The molecule has 0 aromatic rings. The van der Waals surface area contributed by atoms with Crippen LogP contribution in [0.5, 0.6) is 0 Å². The fourth-order valence-electron chi connectivity index (χ4n) is 2.03. The molecule has 0 spiro atoms. The van der Waals surface area contributed by atoms with Gasteiger partial charge in [0, 0.05) is 5.54 Å². The quantitative estimate of drug-likeness (QED) is 0.752. The Morgan fingerprint density at radius 1 is 1.43 bits per heavy atom. The molecule has 0 aromatic heterocycles. The van der Waals surface area contributed by atoms with Crippen molar-refractivity contribution in [1.82, 2.24) is 4.90 Å². The third-order valence-corrected chi connectivity index (χ3v) is 3.79. The zero-order valence-corrected chi connectivity index (χ0v) is 9.81. The van der Waals surface area contributed by atoms with Gasteiger partial charge in [-0.05, 0) is 46.2 Å². The zero-order valence-electron chi connectivity index (χ0n) is 8.99. The van der Waals surface area contributed by atoms with Crippen LogP contribution in [-0.4, -0.2) is 37.7 Å². The summed E-state index contributed by atoms with van der Waals surface area (Å²) in [6.07, 6.45) is 3.05. The molecule has 1 rings (SSSR count). The molecule has 1 saturated heterocycles. The first-order chi connectivity index (χ1) is 6.31. The number of nitrogens with zero attached hydrogens (tertiary/aromatic N) is 1. The predicted molar refractivity (Wildman–Crippen MR) is 57.5 cm³/mol. The first kappa shape index (κ1) is 11.9. The molecule has 1 heterocycles. The number of sulfonamides is 1. The number of hydrogen-bond acceptors (Lipinski definition) is 3. The highest BCUT2D eigenvalue weighted by Crippen LogP contribution is 2.27. The maximum absolute atomic E-state index is 10.7. The molecule has 0 amide bonds. The van der Waals surface area contributed by atoms with Crippen molar-refractivity contribution in [3.63, 3.8) is 0 Å². The highest BCUT2D eigenvalue weighted by atomic mass is 32.2. The average Bonchev–Trinajstić information content (AvgIpc) is 2.28. The highest BCUT2D eigenvalue weighted by molar-refractivity contribution is 7.89. The summed E-state index contributed by atoms with van der Waals surface area (Å²) in [4.78, 5) is 2.35. The van der Waals surface area contributed by atoms with Crippen molar-refractivity contribution in [2.24, 2.45) is 5.14 Å². The van der Waals surface area contributed by atoms with E-state index in [1.165, 1.54) is 12.8 Å². The molecule has 5 heteroatoms. The molecule has 0 aliphatic carbocycles. The predicted octanol–water partition coefficient (Wildman–Crippen LogP) is 0.539. The van der Waals surface area contributed by atoms with Crippen LogP contribution >= 0.6 is 0 Å². The Hall–Kier alpha value is -0.130. The van der Waals surface area contributed by atoms with Gasteiger partial charge in [0.2, 0.25) is 10.0 Å². The lowest BCUT2D eigenvalue weighted by Gasteiger charge is -2.31. The molecule has 0 aromatic carbocycles. The Labute approximate surface area is 86.5 Å². The van der Waals surface area contributed by atoms with Crippen LogP contribution in [-0.2, 0) is 10.0 Å². The van der Waals surface area contributed by atoms with Crippen molar-refractivity contribution >= 4 is 10.0 Å². The van der Waals surface area contributed by atoms with Gasteiger partial charge in [-0.15, -0.1) is 0 Å². The van der Waals surface area contributed by atoms with Gasteiger partial charge in [0.15, 0.2) is 0 Å². The summed E-state index contributed by atoms with van der Waals surface area (Å²) in [6.45, 7) is 6.33. The SMILES string of the molecule is CC1(C)CCCN1CCCS(N)(=O)=O. The molecule has 0 unspecified atom stereocenters. The lowest BCUT2D eigenvalue weighted by Crippen LogP contribution is -2.39. The van der Waals surface area contributed by atoms with Crippen LogP contribution < -0.4 is 5.14 Å². The fourth-order valence-corrected chi connectivity index (χ4v) is 2.57. The van der Waals surface area contributed by atoms with E-state index >= 15 is 0 Å². The minimum Gasteiger partial charge on any atom is -0.298 e. The van der Waals surface area contributed by atoms with Crippen LogP contribution in [0.15, 0.2) is 0 Å². The van der Waals surface area contributed by atoms with Crippen molar-refractivity contribution in [2.75, 3.05) is 18.8 Å². The molecule has 1 aliphatic heterocycles. The van der Waals surface area contributed by atoms with Crippen molar-refractivity contribution in [1.29, 1.82) is 0 Å². The number of likely N-dealkylation sites (tertiary alicyclic amines) is 1. The third kappa shape index (κ3) is 3.55. The van der Waals surface area contributed by atoms with Gasteiger partial charge in [0.05, 0.1) is 5.75 Å². The van der Waals surface area contributed by atoms with E-state index in [0.717, 1.165) is 13.1 Å². The van der Waals surface area contributed by atoms with Gasteiger partial charge < -0.3 is 0 Å². The molecule has 1 fully saturated rings. The summed E-state index contributed by atoms with van der Waals surface area (Å²) in [5.74, 6) is 0.0968. The Morgan fingerprint density at radius 2 is 2.07 bits per heavy atom. The van der Waals surface area contributed by atoms with Gasteiger partial charge in [-0.1, -0.05) is 0 Å². The standard InChI is InChI=1S/C9H20N2O2S/c1-9(2)5-3-6-11(9)7-4-8-14(10,12)13/h3-8H2,1-2H3,(H2,10,12,13). The first-order valence-corrected chi connectivity index (χ1v) is 6.78. The van der Waals surface area contributed by atoms with E-state index in [9.17, 15) is 8.42 Å². The maximum Gasteiger partial charge on any atom is 0.209 e. The van der Waals surface area contributed by atoms with Crippen LogP contribution in [0, 0.1) is 0 Å². The molecule has 84 valence electrons. The number of nitrogens with two attached hydrogens (primary N) is 1. The molecular weight excluding hydrogens is 200 g/mol. The van der Waals surface area contributed by atoms with E-state index in [1.807, 2.05) is 0 Å². The maximum atomic E-state index is 10.7. The van der Waals surface area contributed by atoms with Gasteiger partial charge >= 0.3 is 0 Å². The molecule has 4 nitrogen and oxygen atoms in total. The lowest BCUT2D eigenvalue weighted by molar-refractivity contribution is 0.176. The van der Waals surface area contributed by atoms with Crippen LogP contribution in [0.2, 0.25) is 0 Å². The normalized spacial score (nSPS) is 22.8. The van der Waals surface area contributed by atoms with Gasteiger partial charge in [-0.3, -0.25) is 4.90 Å². The summed E-state index contributed by atoms with van der Waals surface area (Å²) in [7, 11) is -3.28. The van der Waals surface area contributed by atoms with Crippen molar-refractivity contribution in [3.05, 3.63) is 0 Å². The van der Waals surface area contributed by atoms with Gasteiger partial charge in [-0.2, -0.15) is 0 Å². The summed E-state index contributed by atoms with van der Waals surface area (Å²) >= 11 is 0. The molecule has 1 aliphatic rings. The largest absolute Gasteiger partial charge is 0.298 e. The molecule has 0 atom stereocenters. The van der Waals surface area contributed by atoms with Gasteiger partial charge in [0.1, 0.15) is 0 Å². The minimum absolute atomic E-state index is 0.0968. The third-order valence-electron chi connectivity index (χ3n) is 2.93. The van der Waals surface area contributed by atoms with E-state index in [1.54, 1.807) is 0 Å². The number of rotatable bonds is 4. The lowest BCUT2D eigenvalue weighted by atomic mass is 10.0. The molecular formula is C9H20N2O2S. The monoisotopic (exact) mass is 220 g/mol. The van der Waals surface area contributed by atoms with Crippen molar-refractivity contribution in [3.8, 4) is 0 Å². The van der Waals surface area contributed by atoms with E-state index in [4.69, 9.17) is 5.14 Å². The van der Waals surface area contributed by atoms with E-state index in [2.05, 4.69) is 18.7 Å². The summed E-state index contributed by atoms with van der Waals surface area (Å²) in [5, 5.41) is 4.94. The van der Waals surface area contributed by atoms with E-state index in [-0.39, 0.29) is 11.3 Å². The number of primary sulfonamides is 1. The molecule has 14 heavy (non-hydrogen) atoms. The average molecular weight is 220 g/mol. The molecule has 0 radical (unpaired) electrons. The fraction of sp³-hybridized carbons (Fsp3) is 1.00. The zero-order chi connectivity index (χ0) is 10.8. The summed E-state index contributed by atoms with van der Waals surface area (Å²) in [6, 6.07) is 0. The smallest absolute Gasteiger partial charge is 0.209 e. The van der Waals surface area contributed by atoms with Gasteiger partial charge in [-0.25, -0.2) is 13.6 Å². The molecule has 2 N–H and O–H groups in total. The second kappa shape index (κ2) is 4.16. The second-order valence-corrected chi connectivity index (χ2v) is 6.36. The van der Waals surface area contributed by atoms with Gasteiger partial charge in [0.25, 0.3) is 0 Å².